The zero-order valence-corrected chi connectivity index (χ0v) is 14.0. The van der Waals surface area contributed by atoms with Crippen molar-refractivity contribution in [2.75, 3.05) is 13.1 Å². The minimum absolute atomic E-state index is 0.138. The molecule has 4 rings (SSSR count). The molecule has 3 amide bonds. The number of carbonyl (C=O) groups excluding carboxylic acids is 3. The maximum atomic E-state index is 12.7. The topological polar surface area (TPSA) is 66.5 Å². The van der Waals surface area contributed by atoms with Crippen LogP contribution in [0.4, 0.5) is 0 Å². The molecule has 0 bridgehead atoms. The lowest BCUT2D eigenvalue weighted by molar-refractivity contribution is 0.0607. The Bertz CT molecular complexity index is 944. The molecule has 0 atom stereocenters. The average Bonchev–Trinajstić information content (AvgIpc) is 3.17. The molecule has 25 heavy (non-hydrogen) atoms. The fraction of sp³-hybridized carbons (Fsp3) is 0.105. The van der Waals surface area contributed by atoms with Crippen molar-refractivity contribution in [2.45, 2.75) is 0 Å². The van der Waals surface area contributed by atoms with Gasteiger partial charge in [0.15, 0.2) is 0 Å². The number of hydrogen-bond donors (Lipinski definition) is 1. The van der Waals surface area contributed by atoms with Crippen LogP contribution < -0.4 is 5.32 Å². The molecule has 1 aliphatic heterocycles. The molecule has 0 unspecified atom stereocenters. The third-order valence-corrected chi connectivity index (χ3v) is 5.09. The number of carbonyl (C=O) groups is 3. The van der Waals surface area contributed by atoms with Gasteiger partial charge in [0, 0.05) is 29.6 Å². The Morgan fingerprint density at radius 3 is 2.24 bits per heavy atom. The van der Waals surface area contributed by atoms with Crippen molar-refractivity contribution in [1.82, 2.24) is 10.2 Å². The second-order valence-corrected chi connectivity index (χ2v) is 6.65. The van der Waals surface area contributed by atoms with E-state index in [2.05, 4.69) is 5.32 Å². The quantitative estimate of drug-likeness (QED) is 0.736. The molecular weight excluding hydrogens is 336 g/mol. The van der Waals surface area contributed by atoms with Gasteiger partial charge >= 0.3 is 0 Å². The lowest BCUT2D eigenvalue weighted by Gasteiger charge is -2.27. The van der Waals surface area contributed by atoms with Gasteiger partial charge in [0.25, 0.3) is 17.7 Å². The van der Waals surface area contributed by atoms with Crippen LogP contribution in [0.1, 0.15) is 30.4 Å². The Morgan fingerprint density at radius 2 is 1.64 bits per heavy atom. The molecule has 124 valence electrons. The maximum Gasteiger partial charge on any atom is 0.261 e. The van der Waals surface area contributed by atoms with E-state index in [9.17, 15) is 14.4 Å². The Balaban J connectivity index is 1.55. The monoisotopic (exact) mass is 350 g/mol. The number of benzene rings is 2. The Morgan fingerprint density at radius 1 is 0.960 bits per heavy atom. The molecule has 5 nitrogen and oxygen atoms in total. The van der Waals surface area contributed by atoms with E-state index in [1.807, 2.05) is 29.6 Å². The largest absolute Gasteiger partial charge is 0.350 e. The van der Waals surface area contributed by atoms with Crippen LogP contribution >= 0.6 is 11.3 Å². The maximum absolute atomic E-state index is 12.7. The normalized spacial score (nSPS) is 13.4. The summed E-state index contributed by atoms with van der Waals surface area (Å²) in [6.07, 6.45) is 0. The second-order valence-electron chi connectivity index (χ2n) is 5.70. The van der Waals surface area contributed by atoms with Crippen LogP contribution in [0.2, 0.25) is 0 Å². The van der Waals surface area contributed by atoms with E-state index < -0.39 is 0 Å². The summed E-state index contributed by atoms with van der Waals surface area (Å²) in [5.74, 6) is -0.839. The fourth-order valence-electron chi connectivity index (χ4n) is 3.06. The highest BCUT2D eigenvalue weighted by molar-refractivity contribution is 7.12. The first-order chi connectivity index (χ1) is 12.2. The second kappa shape index (κ2) is 6.14. The van der Waals surface area contributed by atoms with Gasteiger partial charge in [-0.05, 0) is 29.0 Å². The van der Waals surface area contributed by atoms with Crippen LogP contribution in [-0.2, 0) is 0 Å². The summed E-state index contributed by atoms with van der Waals surface area (Å²) >= 11 is 1.35. The number of thiophene rings is 1. The van der Waals surface area contributed by atoms with Gasteiger partial charge in [-0.3, -0.25) is 19.3 Å². The van der Waals surface area contributed by atoms with Gasteiger partial charge in [0.05, 0.1) is 4.88 Å². The molecule has 1 N–H and O–H groups in total. The van der Waals surface area contributed by atoms with Crippen molar-refractivity contribution in [3.63, 3.8) is 0 Å². The van der Waals surface area contributed by atoms with E-state index >= 15 is 0 Å². The Labute approximate surface area is 147 Å². The minimum atomic E-state index is -0.320. The molecule has 3 aromatic rings. The first kappa shape index (κ1) is 15.5. The molecule has 1 aromatic heterocycles. The predicted octanol–water partition coefficient (Wildman–Crippen LogP) is 2.93. The predicted molar refractivity (Wildman–Crippen MR) is 96.0 cm³/mol. The summed E-state index contributed by atoms with van der Waals surface area (Å²) in [6.45, 7) is 0.353. The number of hydrogen-bond acceptors (Lipinski definition) is 4. The van der Waals surface area contributed by atoms with Gasteiger partial charge in [-0.2, -0.15) is 0 Å². The summed E-state index contributed by atoms with van der Waals surface area (Å²) in [4.78, 5) is 39.2. The van der Waals surface area contributed by atoms with Crippen LogP contribution in [0, 0.1) is 0 Å². The molecule has 0 aliphatic carbocycles. The zero-order chi connectivity index (χ0) is 17.4. The lowest BCUT2D eigenvalue weighted by Crippen LogP contribution is -2.44. The third kappa shape index (κ3) is 2.60. The van der Waals surface area contributed by atoms with Crippen molar-refractivity contribution >= 4 is 39.8 Å². The highest BCUT2D eigenvalue weighted by atomic mass is 32.1. The summed E-state index contributed by atoms with van der Waals surface area (Å²) in [5, 5.41) is 6.16. The van der Waals surface area contributed by atoms with Crippen LogP contribution in [0.15, 0.2) is 53.9 Å². The first-order valence-electron chi connectivity index (χ1n) is 7.86. The summed E-state index contributed by atoms with van der Waals surface area (Å²) in [7, 11) is 0. The molecule has 2 heterocycles. The fourth-order valence-corrected chi connectivity index (χ4v) is 3.70. The van der Waals surface area contributed by atoms with Crippen LogP contribution in [0.3, 0.4) is 0 Å². The SMILES string of the molecule is O=C(NCCN1C(=O)c2cccc3cccc(c23)C1=O)c1cccs1. The van der Waals surface area contributed by atoms with Gasteiger partial charge in [-0.1, -0.05) is 30.3 Å². The highest BCUT2D eigenvalue weighted by Gasteiger charge is 2.32. The van der Waals surface area contributed by atoms with E-state index in [0.29, 0.717) is 21.4 Å². The van der Waals surface area contributed by atoms with Gasteiger partial charge in [-0.25, -0.2) is 0 Å². The minimum Gasteiger partial charge on any atom is -0.350 e. The summed E-state index contributed by atoms with van der Waals surface area (Å²) < 4.78 is 0. The van der Waals surface area contributed by atoms with E-state index in [4.69, 9.17) is 0 Å². The van der Waals surface area contributed by atoms with Crippen molar-refractivity contribution in [1.29, 1.82) is 0 Å². The molecule has 0 fully saturated rings. The van der Waals surface area contributed by atoms with Crippen molar-refractivity contribution in [2.24, 2.45) is 0 Å². The van der Waals surface area contributed by atoms with Gasteiger partial charge in [0.2, 0.25) is 0 Å². The van der Waals surface area contributed by atoms with E-state index in [1.165, 1.54) is 16.2 Å². The summed E-state index contributed by atoms with van der Waals surface area (Å²) in [6, 6.07) is 14.4. The Hall–Kier alpha value is -2.99. The van der Waals surface area contributed by atoms with Crippen molar-refractivity contribution in [3.8, 4) is 0 Å². The molecule has 2 aromatic carbocycles. The smallest absolute Gasteiger partial charge is 0.261 e. The molecule has 1 aliphatic rings. The molecule has 0 spiro atoms. The number of nitrogens with zero attached hydrogens (tertiary/aromatic N) is 1. The first-order valence-corrected chi connectivity index (χ1v) is 8.74. The third-order valence-electron chi connectivity index (χ3n) is 4.22. The number of imide groups is 1. The van der Waals surface area contributed by atoms with Crippen LogP contribution in [0.5, 0.6) is 0 Å². The standard InChI is InChI=1S/C19H14N2O3S/c22-17(15-8-3-11-25-15)20-9-10-21-18(23)13-6-1-4-12-5-2-7-14(16(12)13)19(21)24/h1-8,11H,9-10H2,(H,20,22). The average molecular weight is 350 g/mol. The zero-order valence-electron chi connectivity index (χ0n) is 13.2. The number of nitrogens with one attached hydrogen (secondary N) is 1. The van der Waals surface area contributed by atoms with E-state index in [-0.39, 0.29) is 30.8 Å². The highest BCUT2D eigenvalue weighted by Crippen LogP contribution is 2.29. The number of amides is 3. The molecular formula is C19H14N2O3S. The van der Waals surface area contributed by atoms with Crippen molar-refractivity contribution < 1.29 is 14.4 Å². The van der Waals surface area contributed by atoms with Gasteiger partial charge < -0.3 is 5.32 Å². The summed E-state index contributed by atoms with van der Waals surface area (Å²) in [5.41, 5.74) is 1.05. The van der Waals surface area contributed by atoms with E-state index in [1.54, 1.807) is 24.3 Å². The van der Waals surface area contributed by atoms with E-state index in [0.717, 1.165) is 5.39 Å². The van der Waals surface area contributed by atoms with Gasteiger partial charge in [0.1, 0.15) is 0 Å². The van der Waals surface area contributed by atoms with Gasteiger partial charge in [-0.15, -0.1) is 11.3 Å². The Kier molecular flexibility index (Phi) is 3.82. The molecule has 0 saturated heterocycles. The lowest BCUT2D eigenvalue weighted by atomic mass is 9.94. The number of rotatable bonds is 4. The molecule has 0 saturated carbocycles. The molecule has 6 heteroatoms. The molecule has 0 radical (unpaired) electrons. The van der Waals surface area contributed by atoms with Crippen LogP contribution in [0.25, 0.3) is 10.8 Å². The van der Waals surface area contributed by atoms with Crippen LogP contribution in [-0.4, -0.2) is 35.7 Å². The van der Waals surface area contributed by atoms with Crippen molar-refractivity contribution in [3.05, 3.63) is 69.9 Å².